The van der Waals surface area contributed by atoms with Crippen molar-refractivity contribution in [3.63, 3.8) is 0 Å². The molecule has 0 bridgehead atoms. The maximum Gasteiger partial charge on any atom is 0.416 e. The molecule has 1 aromatic carbocycles. The first-order valence-electron chi connectivity index (χ1n) is 7.53. The van der Waals surface area contributed by atoms with Crippen molar-refractivity contribution in [1.29, 1.82) is 5.26 Å². The molecular formula is C17H13F3N4O. The Morgan fingerprint density at radius 1 is 1.36 bits per heavy atom. The van der Waals surface area contributed by atoms with Gasteiger partial charge in [0.05, 0.1) is 11.8 Å². The molecule has 0 atom stereocenters. The lowest BCUT2D eigenvalue weighted by molar-refractivity contribution is -0.137. The van der Waals surface area contributed by atoms with Crippen LogP contribution >= 0.6 is 0 Å². The number of halogens is 3. The topological polar surface area (TPSA) is 73.9 Å². The number of alkyl halides is 3. The number of fused-ring (bicyclic) bond motifs is 1. The van der Waals surface area contributed by atoms with Crippen LogP contribution in [-0.2, 0) is 19.0 Å². The van der Waals surface area contributed by atoms with Crippen LogP contribution in [0.1, 0.15) is 34.9 Å². The van der Waals surface area contributed by atoms with Crippen LogP contribution in [0, 0.1) is 11.3 Å². The second-order valence-corrected chi connectivity index (χ2v) is 5.55. The molecule has 3 rings (SSSR count). The van der Waals surface area contributed by atoms with E-state index in [4.69, 9.17) is 5.26 Å². The minimum atomic E-state index is -4.43. The molecule has 2 heterocycles. The Labute approximate surface area is 140 Å². The van der Waals surface area contributed by atoms with Crippen molar-refractivity contribution in [2.45, 2.75) is 25.9 Å². The molecule has 0 unspecified atom stereocenters. The van der Waals surface area contributed by atoms with Gasteiger partial charge in [0.1, 0.15) is 11.6 Å². The Balaban J connectivity index is 2.13. The van der Waals surface area contributed by atoms with Gasteiger partial charge in [0.25, 0.3) is 5.56 Å². The zero-order chi connectivity index (χ0) is 18.2. The molecule has 3 aromatic rings. The molecule has 0 saturated heterocycles. The van der Waals surface area contributed by atoms with E-state index >= 15 is 0 Å². The van der Waals surface area contributed by atoms with Crippen LogP contribution in [0.2, 0.25) is 0 Å². The maximum atomic E-state index is 12.9. The monoisotopic (exact) mass is 346 g/mol. The van der Waals surface area contributed by atoms with Gasteiger partial charge in [-0.05, 0) is 18.1 Å². The van der Waals surface area contributed by atoms with E-state index in [9.17, 15) is 18.0 Å². The minimum Gasteiger partial charge on any atom is -0.342 e. The van der Waals surface area contributed by atoms with Gasteiger partial charge in [-0.25, -0.2) is 0 Å². The standard InChI is InChI=1S/C17H13F3N4O/c1-2-13-14(7-10-4-3-5-12(6-10)17(18,19)20)23-15-11(8-21)9-22-24(15)16(13)25/h3-6,9,23H,2,7H2,1H3. The van der Waals surface area contributed by atoms with Crippen LogP contribution in [0.15, 0.2) is 35.3 Å². The van der Waals surface area contributed by atoms with Gasteiger partial charge in [0.15, 0.2) is 5.65 Å². The summed E-state index contributed by atoms with van der Waals surface area (Å²) in [4.78, 5) is 15.5. The molecule has 0 radical (unpaired) electrons. The average Bonchev–Trinajstić information content (AvgIpc) is 2.98. The van der Waals surface area contributed by atoms with Crippen molar-refractivity contribution in [2.24, 2.45) is 0 Å². The Bertz CT molecular complexity index is 1040. The third kappa shape index (κ3) is 3.01. The fourth-order valence-corrected chi connectivity index (χ4v) is 2.76. The molecule has 0 aliphatic heterocycles. The molecule has 128 valence electrons. The molecule has 0 spiro atoms. The molecule has 0 fully saturated rings. The predicted molar refractivity (Wildman–Crippen MR) is 84.2 cm³/mol. The second-order valence-electron chi connectivity index (χ2n) is 5.55. The Hall–Kier alpha value is -3.08. The first kappa shape index (κ1) is 16.8. The van der Waals surface area contributed by atoms with Crippen molar-refractivity contribution in [3.8, 4) is 6.07 Å². The molecule has 2 aromatic heterocycles. The number of aromatic nitrogens is 3. The van der Waals surface area contributed by atoms with Gasteiger partial charge in [0, 0.05) is 17.7 Å². The van der Waals surface area contributed by atoms with E-state index in [0.29, 0.717) is 23.2 Å². The Kier molecular flexibility index (Phi) is 4.08. The Morgan fingerprint density at radius 2 is 2.12 bits per heavy atom. The zero-order valence-corrected chi connectivity index (χ0v) is 13.2. The third-order valence-corrected chi connectivity index (χ3v) is 3.96. The van der Waals surface area contributed by atoms with E-state index in [1.54, 1.807) is 13.0 Å². The van der Waals surface area contributed by atoms with Gasteiger partial charge in [-0.15, -0.1) is 0 Å². The first-order valence-corrected chi connectivity index (χ1v) is 7.53. The van der Waals surface area contributed by atoms with Crippen LogP contribution in [0.5, 0.6) is 0 Å². The summed E-state index contributed by atoms with van der Waals surface area (Å²) in [7, 11) is 0. The number of aromatic amines is 1. The fourth-order valence-electron chi connectivity index (χ4n) is 2.76. The van der Waals surface area contributed by atoms with Crippen molar-refractivity contribution in [3.05, 3.63) is 68.8 Å². The predicted octanol–water partition coefficient (Wildman–Crippen LogP) is 3.07. The van der Waals surface area contributed by atoms with Crippen molar-refractivity contribution >= 4 is 5.65 Å². The highest BCUT2D eigenvalue weighted by molar-refractivity contribution is 5.54. The van der Waals surface area contributed by atoms with E-state index in [1.807, 2.05) is 6.07 Å². The molecule has 5 nitrogen and oxygen atoms in total. The van der Waals surface area contributed by atoms with Crippen molar-refractivity contribution in [1.82, 2.24) is 14.6 Å². The smallest absolute Gasteiger partial charge is 0.342 e. The SMILES string of the molecule is CCc1c(Cc2cccc(C(F)(F)F)c2)[nH]c2c(C#N)cnn2c1=O. The normalized spacial score (nSPS) is 11.6. The van der Waals surface area contributed by atoms with Crippen molar-refractivity contribution in [2.75, 3.05) is 0 Å². The van der Waals surface area contributed by atoms with Crippen LogP contribution in [0.3, 0.4) is 0 Å². The molecule has 0 amide bonds. The molecule has 8 heteroatoms. The van der Waals surface area contributed by atoms with Crippen molar-refractivity contribution < 1.29 is 13.2 Å². The lowest BCUT2D eigenvalue weighted by atomic mass is 10.0. The summed E-state index contributed by atoms with van der Waals surface area (Å²) in [5.41, 5.74) is 0.654. The largest absolute Gasteiger partial charge is 0.416 e. The number of nitrogens with one attached hydrogen (secondary N) is 1. The highest BCUT2D eigenvalue weighted by Crippen LogP contribution is 2.30. The van der Waals surface area contributed by atoms with Gasteiger partial charge in [-0.2, -0.15) is 28.0 Å². The highest BCUT2D eigenvalue weighted by atomic mass is 19.4. The molecule has 0 aliphatic carbocycles. The van der Waals surface area contributed by atoms with E-state index in [2.05, 4.69) is 10.1 Å². The minimum absolute atomic E-state index is 0.120. The first-order chi connectivity index (χ1) is 11.8. The number of hydrogen-bond donors (Lipinski definition) is 1. The molecule has 25 heavy (non-hydrogen) atoms. The zero-order valence-electron chi connectivity index (χ0n) is 13.2. The summed E-state index contributed by atoms with van der Waals surface area (Å²) in [5, 5.41) is 13.0. The quantitative estimate of drug-likeness (QED) is 0.792. The van der Waals surface area contributed by atoms with Gasteiger partial charge >= 0.3 is 6.18 Å². The number of H-pyrrole nitrogens is 1. The molecule has 0 saturated carbocycles. The number of benzene rings is 1. The van der Waals surface area contributed by atoms with Gasteiger partial charge < -0.3 is 4.98 Å². The summed E-state index contributed by atoms with van der Waals surface area (Å²) in [6, 6.07) is 6.89. The summed E-state index contributed by atoms with van der Waals surface area (Å²) in [5.74, 6) is 0. The lowest BCUT2D eigenvalue weighted by Crippen LogP contribution is -2.22. The number of hydrogen-bond acceptors (Lipinski definition) is 3. The third-order valence-electron chi connectivity index (χ3n) is 3.96. The summed E-state index contributed by atoms with van der Waals surface area (Å²) >= 11 is 0. The molecule has 0 aliphatic rings. The van der Waals surface area contributed by atoms with Gasteiger partial charge in [-0.3, -0.25) is 4.79 Å². The van der Waals surface area contributed by atoms with E-state index in [-0.39, 0.29) is 23.2 Å². The highest BCUT2D eigenvalue weighted by Gasteiger charge is 2.30. The Morgan fingerprint density at radius 3 is 2.76 bits per heavy atom. The van der Waals surface area contributed by atoms with E-state index < -0.39 is 11.7 Å². The van der Waals surface area contributed by atoms with Gasteiger partial charge in [-0.1, -0.05) is 25.1 Å². The number of rotatable bonds is 3. The van der Waals surface area contributed by atoms with Crippen LogP contribution in [-0.4, -0.2) is 14.6 Å². The van der Waals surface area contributed by atoms with Crippen LogP contribution in [0.4, 0.5) is 13.2 Å². The average molecular weight is 346 g/mol. The van der Waals surface area contributed by atoms with Crippen LogP contribution < -0.4 is 5.56 Å². The summed E-state index contributed by atoms with van der Waals surface area (Å²) in [6.45, 7) is 1.78. The fraction of sp³-hybridized carbons (Fsp3) is 0.235. The molecule has 1 N–H and O–H groups in total. The summed E-state index contributed by atoms with van der Waals surface area (Å²) in [6.07, 6.45) is -2.64. The molecular weight excluding hydrogens is 333 g/mol. The van der Waals surface area contributed by atoms with Crippen LogP contribution in [0.25, 0.3) is 5.65 Å². The van der Waals surface area contributed by atoms with E-state index in [1.165, 1.54) is 12.3 Å². The number of nitriles is 1. The van der Waals surface area contributed by atoms with Gasteiger partial charge in [0.2, 0.25) is 0 Å². The number of nitrogens with zero attached hydrogens (tertiary/aromatic N) is 3. The maximum absolute atomic E-state index is 12.9. The van der Waals surface area contributed by atoms with E-state index in [0.717, 1.165) is 16.6 Å². The second kappa shape index (κ2) is 6.09. The lowest BCUT2D eigenvalue weighted by Gasteiger charge is -2.11. The summed E-state index contributed by atoms with van der Waals surface area (Å²) < 4.78 is 39.7.